The number of nitrogens with zero attached hydrogens (tertiary/aromatic N) is 1. The van der Waals surface area contributed by atoms with Crippen LogP contribution in [0.3, 0.4) is 0 Å². The van der Waals surface area contributed by atoms with Gasteiger partial charge in [-0.15, -0.1) is 11.3 Å². The number of hydrogen-bond donors (Lipinski definition) is 1. The number of nitrogens with one attached hydrogen (secondary N) is 1. The van der Waals surface area contributed by atoms with Crippen LogP contribution in [0.25, 0.3) is 10.1 Å². The Balaban J connectivity index is 1.38. The van der Waals surface area contributed by atoms with Gasteiger partial charge in [-0.05, 0) is 98.6 Å². The number of benzene rings is 2. The highest BCUT2D eigenvalue weighted by Crippen LogP contribution is 2.40. The van der Waals surface area contributed by atoms with Gasteiger partial charge in [-0.25, -0.2) is 0 Å². The van der Waals surface area contributed by atoms with Crippen LogP contribution in [0.2, 0.25) is 0 Å². The van der Waals surface area contributed by atoms with Crippen molar-refractivity contribution in [3.8, 4) is 0 Å². The SMILES string of the molecule is CC(=O)c1ccccc1C(=O)Nc1ccc2scc(C3CCC4CCCCN4CC3)c2c1. The average Bonchev–Trinajstić information content (AvgIpc) is 3.10. The van der Waals surface area contributed by atoms with E-state index >= 15 is 0 Å². The third-order valence-corrected chi connectivity index (χ3v) is 8.20. The molecule has 5 rings (SSSR count). The lowest BCUT2D eigenvalue weighted by atomic mass is 9.90. The highest BCUT2D eigenvalue weighted by molar-refractivity contribution is 7.17. The average molecular weight is 447 g/mol. The van der Waals surface area contributed by atoms with Crippen molar-refractivity contribution in [2.24, 2.45) is 0 Å². The van der Waals surface area contributed by atoms with Crippen LogP contribution >= 0.6 is 11.3 Å². The number of rotatable bonds is 4. The number of fused-ring (bicyclic) bond motifs is 2. The maximum absolute atomic E-state index is 12.9. The molecule has 2 aromatic carbocycles. The van der Waals surface area contributed by atoms with Crippen molar-refractivity contribution in [3.63, 3.8) is 0 Å². The van der Waals surface area contributed by atoms with E-state index in [1.54, 1.807) is 35.6 Å². The van der Waals surface area contributed by atoms with Crippen LogP contribution < -0.4 is 5.32 Å². The summed E-state index contributed by atoms with van der Waals surface area (Å²) in [6, 6.07) is 14.0. The number of ketones is 1. The molecule has 2 atom stereocenters. The highest BCUT2D eigenvalue weighted by Gasteiger charge is 2.28. The molecule has 0 spiro atoms. The monoisotopic (exact) mass is 446 g/mol. The lowest BCUT2D eigenvalue weighted by molar-refractivity contribution is 0.0985. The Bertz CT molecular complexity index is 1140. The van der Waals surface area contributed by atoms with Gasteiger partial charge in [0.05, 0.1) is 5.56 Å². The van der Waals surface area contributed by atoms with E-state index in [0.717, 1.165) is 11.7 Å². The summed E-state index contributed by atoms with van der Waals surface area (Å²) >= 11 is 1.80. The zero-order valence-electron chi connectivity index (χ0n) is 18.6. The maximum Gasteiger partial charge on any atom is 0.256 e. The van der Waals surface area contributed by atoms with Gasteiger partial charge in [-0.1, -0.05) is 24.6 Å². The molecule has 32 heavy (non-hydrogen) atoms. The van der Waals surface area contributed by atoms with Crippen molar-refractivity contribution in [2.45, 2.75) is 57.4 Å². The molecule has 166 valence electrons. The first-order valence-electron chi connectivity index (χ1n) is 11.8. The minimum atomic E-state index is -0.238. The van der Waals surface area contributed by atoms with E-state index in [-0.39, 0.29) is 11.7 Å². The fourth-order valence-electron chi connectivity index (χ4n) is 5.48. The standard InChI is InChI=1S/C27H30N2O2S/c1-18(30)22-7-2-3-8-23(22)27(31)28-20-10-12-26-24(16-20)25(17-32-26)19-9-11-21-6-4-5-14-29(21)15-13-19/h2-3,7-8,10,12,16-17,19,21H,4-6,9,11,13-15H2,1H3,(H,28,31). The molecule has 1 N–H and O–H groups in total. The van der Waals surface area contributed by atoms with Gasteiger partial charge in [-0.3, -0.25) is 9.59 Å². The molecule has 1 amide bonds. The molecular formula is C27H30N2O2S. The molecule has 0 saturated carbocycles. The summed E-state index contributed by atoms with van der Waals surface area (Å²) in [6.07, 6.45) is 7.83. The van der Waals surface area contributed by atoms with Crippen molar-refractivity contribution in [3.05, 3.63) is 64.5 Å². The third-order valence-electron chi connectivity index (χ3n) is 7.21. The fourth-order valence-corrected chi connectivity index (χ4v) is 6.50. The third kappa shape index (κ3) is 4.24. The van der Waals surface area contributed by atoms with Gasteiger partial charge < -0.3 is 10.2 Å². The quantitative estimate of drug-likeness (QED) is 0.467. The number of carbonyl (C=O) groups excluding carboxylic acids is 2. The van der Waals surface area contributed by atoms with Crippen molar-refractivity contribution in [1.82, 2.24) is 4.90 Å². The van der Waals surface area contributed by atoms with E-state index < -0.39 is 0 Å². The summed E-state index contributed by atoms with van der Waals surface area (Å²) in [5, 5.41) is 6.62. The predicted octanol–water partition coefficient (Wildman–Crippen LogP) is 6.48. The summed E-state index contributed by atoms with van der Waals surface area (Å²) in [6.45, 7) is 3.96. The summed E-state index contributed by atoms with van der Waals surface area (Å²) < 4.78 is 1.27. The van der Waals surface area contributed by atoms with Crippen LogP contribution in [-0.4, -0.2) is 35.7 Å². The van der Waals surface area contributed by atoms with E-state index in [1.165, 1.54) is 74.2 Å². The Kier molecular flexibility index (Phi) is 6.11. The Morgan fingerprint density at radius 2 is 1.81 bits per heavy atom. The molecular weight excluding hydrogens is 416 g/mol. The Morgan fingerprint density at radius 1 is 0.969 bits per heavy atom. The minimum absolute atomic E-state index is 0.101. The molecule has 2 aliphatic rings. The number of carbonyl (C=O) groups is 2. The normalized spacial score (nSPS) is 21.7. The Morgan fingerprint density at radius 3 is 2.66 bits per heavy atom. The first-order valence-corrected chi connectivity index (χ1v) is 12.6. The molecule has 5 heteroatoms. The van der Waals surface area contributed by atoms with Crippen molar-refractivity contribution >= 4 is 38.8 Å². The van der Waals surface area contributed by atoms with Crippen LogP contribution in [0.5, 0.6) is 0 Å². The molecule has 2 fully saturated rings. The van der Waals surface area contributed by atoms with Crippen LogP contribution in [0, 0.1) is 0 Å². The second-order valence-corrected chi connectivity index (χ2v) is 10.1. The smallest absolute Gasteiger partial charge is 0.256 e. The molecule has 3 aromatic rings. The van der Waals surface area contributed by atoms with Crippen molar-refractivity contribution < 1.29 is 9.59 Å². The Labute approximate surface area is 193 Å². The fraction of sp³-hybridized carbons (Fsp3) is 0.407. The molecule has 0 bridgehead atoms. The number of hydrogen-bond acceptors (Lipinski definition) is 4. The molecule has 3 heterocycles. The van der Waals surface area contributed by atoms with E-state index in [2.05, 4.69) is 27.7 Å². The summed E-state index contributed by atoms with van der Waals surface area (Å²) in [5.74, 6) is 0.244. The van der Waals surface area contributed by atoms with Gasteiger partial charge >= 0.3 is 0 Å². The summed E-state index contributed by atoms with van der Waals surface area (Å²) in [7, 11) is 0. The van der Waals surface area contributed by atoms with Gasteiger partial charge in [0.15, 0.2) is 5.78 Å². The first-order chi connectivity index (χ1) is 15.6. The summed E-state index contributed by atoms with van der Waals surface area (Å²) in [5.41, 5.74) is 3.10. The Hall–Kier alpha value is -2.50. The number of piperidine rings is 1. The van der Waals surface area contributed by atoms with Gasteiger partial charge in [0.25, 0.3) is 5.91 Å². The molecule has 2 saturated heterocycles. The van der Waals surface area contributed by atoms with Crippen LogP contribution in [0.15, 0.2) is 47.8 Å². The largest absolute Gasteiger partial charge is 0.322 e. The molecule has 0 aliphatic carbocycles. The second-order valence-electron chi connectivity index (χ2n) is 9.21. The minimum Gasteiger partial charge on any atom is -0.322 e. The van der Waals surface area contributed by atoms with Gasteiger partial charge in [0.2, 0.25) is 0 Å². The van der Waals surface area contributed by atoms with Gasteiger partial charge in [0, 0.05) is 22.0 Å². The molecule has 1 aromatic heterocycles. The zero-order valence-corrected chi connectivity index (χ0v) is 19.4. The second kappa shape index (κ2) is 9.16. The number of anilines is 1. The number of Topliss-reactive ketones (excluding diaryl/α,β-unsaturated/α-hetero) is 1. The van der Waals surface area contributed by atoms with E-state index in [1.807, 2.05) is 6.07 Å². The van der Waals surface area contributed by atoms with Crippen molar-refractivity contribution in [1.29, 1.82) is 0 Å². The summed E-state index contributed by atoms with van der Waals surface area (Å²) in [4.78, 5) is 27.6. The number of amides is 1. The van der Waals surface area contributed by atoms with Crippen LogP contribution in [-0.2, 0) is 0 Å². The molecule has 2 aliphatic heterocycles. The topological polar surface area (TPSA) is 49.4 Å². The van der Waals surface area contributed by atoms with Gasteiger partial charge in [0.1, 0.15) is 0 Å². The zero-order chi connectivity index (χ0) is 22.1. The lowest BCUT2D eigenvalue weighted by Gasteiger charge is -2.33. The van der Waals surface area contributed by atoms with Gasteiger partial charge in [-0.2, -0.15) is 0 Å². The van der Waals surface area contributed by atoms with Crippen molar-refractivity contribution in [2.75, 3.05) is 18.4 Å². The maximum atomic E-state index is 12.9. The highest BCUT2D eigenvalue weighted by atomic mass is 32.1. The molecule has 2 unspecified atom stereocenters. The lowest BCUT2D eigenvalue weighted by Crippen LogP contribution is -2.38. The van der Waals surface area contributed by atoms with E-state index in [9.17, 15) is 9.59 Å². The predicted molar refractivity (Wildman–Crippen MR) is 132 cm³/mol. The van der Waals surface area contributed by atoms with E-state index in [0.29, 0.717) is 17.0 Å². The molecule has 4 nitrogen and oxygen atoms in total. The van der Waals surface area contributed by atoms with Crippen LogP contribution in [0.1, 0.15) is 77.6 Å². The van der Waals surface area contributed by atoms with Crippen LogP contribution in [0.4, 0.5) is 5.69 Å². The first kappa shape index (κ1) is 21.4. The van der Waals surface area contributed by atoms with E-state index in [4.69, 9.17) is 0 Å². The molecule has 0 radical (unpaired) electrons. The number of thiophene rings is 1.